The number of halogens is 1. The van der Waals surface area contributed by atoms with Gasteiger partial charge in [0, 0.05) is 18.1 Å². The molecule has 0 bridgehead atoms. The molecule has 1 aromatic heterocycles. The van der Waals surface area contributed by atoms with Crippen LogP contribution in [-0.2, 0) is 21.2 Å². The molecular formula is C17H17FN2O3S. The number of rotatable bonds is 4. The second kappa shape index (κ2) is 6.68. The number of nitrogens with zero attached hydrogens (tertiary/aromatic N) is 2. The van der Waals surface area contributed by atoms with Crippen molar-refractivity contribution in [3.8, 4) is 0 Å². The zero-order valence-electron chi connectivity index (χ0n) is 12.9. The number of aromatic nitrogens is 1. The van der Waals surface area contributed by atoms with Crippen molar-refractivity contribution in [2.45, 2.75) is 13.0 Å². The Morgan fingerprint density at radius 2 is 2.00 bits per heavy atom. The number of hydrogen-bond donors (Lipinski definition) is 0. The predicted octanol–water partition coefficient (Wildman–Crippen LogP) is 2.19. The Morgan fingerprint density at radius 1 is 1.25 bits per heavy atom. The zero-order valence-corrected chi connectivity index (χ0v) is 13.7. The molecule has 1 aliphatic heterocycles. The normalized spacial score (nSPS) is 19.1. The van der Waals surface area contributed by atoms with Gasteiger partial charge in [0.1, 0.15) is 5.82 Å². The van der Waals surface area contributed by atoms with Gasteiger partial charge in [-0.15, -0.1) is 0 Å². The van der Waals surface area contributed by atoms with Crippen LogP contribution in [0.5, 0.6) is 0 Å². The van der Waals surface area contributed by atoms with E-state index in [1.807, 2.05) is 6.07 Å². The zero-order chi connectivity index (χ0) is 17.2. The van der Waals surface area contributed by atoms with Crippen LogP contribution in [0.25, 0.3) is 0 Å². The smallest absolute Gasteiger partial charge is 0.231 e. The Kier molecular flexibility index (Phi) is 4.62. The number of carbonyl (C=O) groups is 1. The maximum absolute atomic E-state index is 13.2. The van der Waals surface area contributed by atoms with Gasteiger partial charge in [-0.2, -0.15) is 0 Å². The van der Waals surface area contributed by atoms with Crippen molar-refractivity contribution in [1.82, 2.24) is 4.98 Å². The largest absolute Gasteiger partial charge is 0.308 e. The Bertz CT molecular complexity index is 823. The highest BCUT2D eigenvalue weighted by atomic mass is 32.2. The highest BCUT2D eigenvalue weighted by molar-refractivity contribution is 7.91. The van der Waals surface area contributed by atoms with E-state index in [0.717, 1.165) is 5.56 Å². The van der Waals surface area contributed by atoms with Gasteiger partial charge < -0.3 is 4.90 Å². The quantitative estimate of drug-likeness (QED) is 0.849. The van der Waals surface area contributed by atoms with E-state index in [1.54, 1.807) is 18.5 Å². The lowest BCUT2D eigenvalue weighted by Crippen LogP contribution is -2.36. The van der Waals surface area contributed by atoms with E-state index >= 15 is 0 Å². The second-order valence-corrected chi connectivity index (χ2v) is 8.09. The third kappa shape index (κ3) is 3.79. The molecule has 1 amide bonds. The number of carbonyl (C=O) groups excluding carboxylic acids is 1. The third-order valence-corrected chi connectivity index (χ3v) is 5.82. The fraction of sp³-hybridized carbons (Fsp3) is 0.294. The Hall–Kier alpha value is -2.28. The molecule has 2 heterocycles. The lowest BCUT2D eigenvalue weighted by atomic mass is 10.1. The molecule has 0 N–H and O–H groups in total. The molecule has 0 aliphatic carbocycles. The van der Waals surface area contributed by atoms with Crippen LogP contribution in [0.3, 0.4) is 0 Å². The van der Waals surface area contributed by atoms with Gasteiger partial charge in [0.25, 0.3) is 0 Å². The molecule has 1 aromatic carbocycles. The van der Waals surface area contributed by atoms with Crippen LogP contribution in [-0.4, -0.2) is 30.8 Å². The van der Waals surface area contributed by atoms with Gasteiger partial charge in [-0.05, 0) is 42.3 Å². The van der Waals surface area contributed by atoms with E-state index in [9.17, 15) is 17.6 Å². The first-order chi connectivity index (χ1) is 11.4. The van der Waals surface area contributed by atoms with Crippen molar-refractivity contribution in [2.24, 2.45) is 5.92 Å². The van der Waals surface area contributed by atoms with Crippen molar-refractivity contribution >= 4 is 21.4 Å². The van der Waals surface area contributed by atoms with Crippen molar-refractivity contribution < 1.29 is 17.6 Å². The minimum atomic E-state index is -3.16. The SMILES string of the molecule is O=C([C@H]1CCS(=O)(=O)C1)N(Cc1cccnc1)c1ccc(F)cc1. The minimum absolute atomic E-state index is 0.0353. The molecule has 1 saturated heterocycles. The van der Waals surface area contributed by atoms with Crippen LogP contribution in [0.1, 0.15) is 12.0 Å². The van der Waals surface area contributed by atoms with Crippen LogP contribution in [0.2, 0.25) is 0 Å². The monoisotopic (exact) mass is 348 g/mol. The summed E-state index contributed by atoms with van der Waals surface area (Å²) in [6, 6.07) is 9.21. The summed E-state index contributed by atoms with van der Waals surface area (Å²) in [6.07, 6.45) is 3.61. The van der Waals surface area contributed by atoms with Gasteiger partial charge in [0.15, 0.2) is 9.84 Å². The lowest BCUT2D eigenvalue weighted by molar-refractivity contribution is -0.121. The Balaban J connectivity index is 1.89. The number of anilines is 1. The molecule has 0 radical (unpaired) electrons. The van der Waals surface area contributed by atoms with Crippen molar-refractivity contribution in [3.63, 3.8) is 0 Å². The third-order valence-electron chi connectivity index (χ3n) is 4.05. The van der Waals surface area contributed by atoms with Gasteiger partial charge in [-0.25, -0.2) is 12.8 Å². The van der Waals surface area contributed by atoms with Gasteiger partial charge in [0.05, 0.1) is 24.0 Å². The van der Waals surface area contributed by atoms with Crippen LogP contribution >= 0.6 is 0 Å². The minimum Gasteiger partial charge on any atom is -0.308 e. The number of sulfone groups is 1. The average Bonchev–Trinajstić information content (AvgIpc) is 2.94. The van der Waals surface area contributed by atoms with Crippen molar-refractivity contribution in [2.75, 3.05) is 16.4 Å². The highest BCUT2D eigenvalue weighted by Crippen LogP contribution is 2.26. The summed E-state index contributed by atoms with van der Waals surface area (Å²) in [5.41, 5.74) is 1.35. The summed E-state index contributed by atoms with van der Waals surface area (Å²) < 4.78 is 36.5. The molecule has 0 spiro atoms. The molecule has 3 rings (SSSR count). The van der Waals surface area contributed by atoms with Crippen LogP contribution in [0, 0.1) is 11.7 Å². The Morgan fingerprint density at radius 3 is 2.58 bits per heavy atom. The fourth-order valence-corrected chi connectivity index (χ4v) is 4.53. The van der Waals surface area contributed by atoms with Crippen LogP contribution < -0.4 is 4.90 Å². The van der Waals surface area contributed by atoms with Gasteiger partial charge in [0.2, 0.25) is 5.91 Å². The topological polar surface area (TPSA) is 67.3 Å². The summed E-state index contributed by atoms with van der Waals surface area (Å²) in [6.45, 7) is 0.259. The van der Waals surface area contributed by atoms with Crippen LogP contribution in [0.15, 0.2) is 48.8 Å². The highest BCUT2D eigenvalue weighted by Gasteiger charge is 2.35. The average molecular weight is 348 g/mol. The molecule has 0 saturated carbocycles. The molecule has 1 fully saturated rings. The lowest BCUT2D eigenvalue weighted by Gasteiger charge is -2.25. The summed E-state index contributed by atoms with van der Waals surface area (Å²) >= 11 is 0. The number of hydrogen-bond acceptors (Lipinski definition) is 4. The molecule has 1 aliphatic rings. The van der Waals surface area contributed by atoms with E-state index in [-0.39, 0.29) is 24.0 Å². The number of pyridine rings is 1. The van der Waals surface area contributed by atoms with E-state index in [4.69, 9.17) is 0 Å². The van der Waals surface area contributed by atoms with Crippen molar-refractivity contribution in [1.29, 1.82) is 0 Å². The number of amides is 1. The van der Waals surface area contributed by atoms with E-state index in [1.165, 1.54) is 29.2 Å². The first kappa shape index (κ1) is 16.6. The van der Waals surface area contributed by atoms with Gasteiger partial charge >= 0.3 is 0 Å². The standard InChI is InChI=1S/C17H17FN2O3S/c18-15-3-5-16(6-4-15)20(11-13-2-1-8-19-10-13)17(21)14-7-9-24(22,23)12-14/h1-6,8,10,14H,7,9,11-12H2/t14-/m0/s1. The molecular weight excluding hydrogens is 331 g/mol. The summed E-state index contributed by atoms with van der Waals surface area (Å²) in [5.74, 6) is -1.30. The first-order valence-corrected chi connectivity index (χ1v) is 9.43. The maximum atomic E-state index is 13.2. The summed E-state index contributed by atoms with van der Waals surface area (Å²) in [7, 11) is -3.16. The molecule has 1 atom stereocenters. The maximum Gasteiger partial charge on any atom is 0.231 e. The summed E-state index contributed by atoms with van der Waals surface area (Å²) in [4.78, 5) is 18.4. The van der Waals surface area contributed by atoms with E-state index in [0.29, 0.717) is 12.1 Å². The first-order valence-electron chi connectivity index (χ1n) is 7.61. The number of benzene rings is 1. The predicted molar refractivity (Wildman–Crippen MR) is 88.6 cm³/mol. The molecule has 126 valence electrons. The summed E-state index contributed by atoms with van der Waals surface area (Å²) in [5, 5.41) is 0. The molecule has 2 aromatic rings. The van der Waals surface area contributed by atoms with Crippen LogP contribution in [0.4, 0.5) is 10.1 Å². The molecule has 5 nitrogen and oxygen atoms in total. The van der Waals surface area contributed by atoms with Gasteiger partial charge in [-0.3, -0.25) is 9.78 Å². The van der Waals surface area contributed by atoms with Gasteiger partial charge in [-0.1, -0.05) is 6.07 Å². The fourth-order valence-electron chi connectivity index (χ4n) is 2.80. The van der Waals surface area contributed by atoms with E-state index in [2.05, 4.69) is 4.98 Å². The van der Waals surface area contributed by atoms with Crippen molar-refractivity contribution in [3.05, 3.63) is 60.2 Å². The Labute approximate surface area is 140 Å². The van der Waals surface area contributed by atoms with E-state index < -0.39 is 21.6 Å². The molecule has 24 heavy (non-hydrogen) atoms. The molecule has 0 unspecified atom stereocenters. The second-order valence-electron chi connectivity index (χ2n) is 5.86. The molecule has 7 heteroatoms.